The molecule has 0 bridgehead atoms. The van der Waals surface area contributed by atoms with Gasteiger partial charge < -0.3 is 20.2 Å². The van der Waals surface area contributed by atoms with Gasteiger partial charge in [0.1, 0.15) is 0 Å². The van der Waals surface area contributed by atoms with Crippen LogP contribution in [-0.4, -0.2) is 57.5 Å². The second-order valence-electron chi connectivity index (χ2n) is 8.75. The average Bonchev–Trinajstić information content (AvgIpc) is 3.06. The topological polar surface area (TPSA) is 81.0 Å². The molecule has 1 fully saturated rings. The number of nitrogens with zero attached hydrogens (tertiary/aromatic N) is 1. The Morgan fingerprint density at radius 2 is 1.84 bits per heavy atom. The maximum absolute atomic E-state index is 12.0. The van der Waals surface area contributed by atoms with E-state index in [4.69, 9.17) is 0 Å². The number of hydrogen-bond donors (Lipinski definition) is 3. The predicted molar refractivity (Wildman–Crippen MR) is 129 cm³/mol. The largest absolute Gasteiger partial charge is 0.393 e. The quantitative estimate of drug-likeness (QED) is 0.319. The molecule has 1 aliphatic carbocycles. The molecule has 5 unspecified atom stereocenters. The minimum atomic E-state index is -0.590. The molecule has 2 rings (SSSR count). The van der Waals surface area contributed by atoms with Gasteiger partial charge >= 0.3 is 0 Å². The number of aliphatic hydroxyl groups excluding tert-OH is 3. The molecule has 1 aliphatic rings. The van der Waals surface area contributed by atoms with Crippen molar-refractivity contribution in [3.8, 4) is 0 Å². The van der Waals surface area contributed by atoms with Crippen LogP contribution in [-0.2, 0) is 11.2 Å². The van der Waals surface area contributed by atoms with Gasteiger partial charge in [0.25, 0.3) is 0 Å². The van der Waals surface area contributed by atoms with Crippen LogP contribution in [0.3, 0.4) is 0 Å². The summed E-state index contributed by atoms with van der Waals surface area (Å²) in [5, 5.41) is 31.1. The zero-order chi connectivity index (χ0) is 23.3. The van der Waals surface area contributed by atoms with Crippen molar-refractivity contribution >= 4 is 5.91 Å². The highest BCUT2D eigenvalue weighted by atomic mass is 16.3. The minimum absolute atomic E-state index is 0.0591. The van der Waals surface area contributed by atoms with E-state index in [2.05, 4.69) is 24.3 Å². The van der Waals surface area contributed by atoms with Crippen molar-refractivity contribution in [1.82, 2.24) is 4.90 Å². The van der Waals surface area contributed by atoms with E-state index in [1.165, 1.54) is 5.56 Å². The number of allylic oxidation sites excluding steroid dienone is 2. The highest BCUT2D eigenvalue weighted by Gasteiger charge is 2.39. The molecule has 0 aliphatic heterocycles. The van der Waals surface area contributed by atoms with E-state index in [9.17, 15) is 20.1 Å². The van der Waals surface area contributed by atoms with Gasteiger partial charge in [0, 0.05) is 31.8 Å². The average molecular weight is 444 g/mol. The zero-order valence-electron chi connectivity index (χ0n) is 19.6. The SMILES string of the molecule is CCN(CC)C(=O)CCCC=CCC1C(O)CC(O)C1C=CC(O)CCc1ccccc1. The number of unbranched alkanes of at least 4 members (excludes halogenated alkanes) is 1. The van der Waals surface area contributed by atoms with Crippen molar-refractivity contribution in [2.24, 2.45) is 11.8 Å². The number of carbonyl (C=O) groups is 1. The number of aryl methyl sites for hydroxylation is 1. The first-order valence-corrected chi connectivity index (χ1v) is 12.1. The standard InChI is InChI=1S/C27H41NO4/c1-3-28(4-2)27(32)15-11-6-5-10-14-23-24(26(31)20-25(23)30)19-18-22(29)17-16-21-12-8-7-9-13-21/h5,7-10,12-13,18-19,22-26,29-31H,3-4,6,11,14-17,20H2,1-2H3. The lowest BCUT2D eigenvalue weighted by Crippen LogP contribution is -2.30. The van der Waals surface area contributed by atoms with Gasteiger partial charge in [-0.3, -0.25) is 4.79 Å². The van der Waals surface area contributed by atoms with Gasteiger partial charge in [-0.15, -0.1) is 0 Å². The lowest BCUT2D eigenvalue weighted by molar-refractivity contribution is -0.130. The summed E-state index contributed by atoms with van der Waals surface area (Å²) in [7, 11) is 0. The highest BCUT2D eigenvalue weighted by molar-refractivity contribution is 5.76. The molecule has 178 valence electrons. The van der Waals surface area contributed by atoms with Gasteiger partial charge in [-0.25, -0.2) is 0 Å². The predicted octanol–water partition coefficient (Wildman–Crippen LogP) is 3.88. The summed E-state index contributed by atoms with van der Waals surface area (Å²) in [6, 6.07) is 10.1. The maximum atomic E-state index is 12.0. The Morgan fingerprint density at radius 1 is 1.12 bits per heavy atom. The Hall–Kier alpha value is -1.95. The Bertz CT molecular complexity index is 714. The molecule has 5 nitrogen and oxygen atoms in total. The zero-order valence-corrected chi connectivity index (χ0v) is 19.6. The van der Waals surface area contributed by atoms with Gasteiger partial charge in [-0.1, -0.05) is 54.6 Å². The highest BCUT2D eigenvalue weighted by Crippen LogP contribution is 2.36. The van der Waals surface area contributed by atoms with Crippen LogP contribution in [0.2, 0.25) is 0 Å². The first-order chi connectivity index (χ1) is 15.5. The molecule has 5 heteroatoms. The van der Waals surface area contributed by atoms with Gasteiger partial charge in [-0.05, 0) is 57.4 Å². The van der Waals surface area contributed by atoms with E-state index >= 15 is 0 Å². The third-order valence-corrected chi connectivity index (χ3v) is 6.50. The number of rotatable bonds is 13. The van der Waals surface area contributed by atoms with Crippen LogP contribution in [0.4, 0.5) is 0 Å². The van der Waals surface area contributed by atoms with Crippen LogP contribution < -0.4 is 0 Å². The first kappa shape index (κ1) is 26.3. The van der Waals surface area contributed by atoms with Gasteiger partial charge in [0.15, 0.2) is 0 Å². The molecule has 0 heterocycles. The molecule has 32 heavy (non-hydrogen) atoms. The summed E-state index contributed by atoms with van der Waals surface area (Å²) in [4.78, 5) is 13.9. The van der Waals surface area contributed by atoms with Crippen molar-refractivity contribution in [3.63, 3.8) is 0 Å². The van der Waals surface area contributed by atoms with Crippen LogP contribution >= 0.6 is 0 Å². The Labute approximate surface area is 193 Å². The molecule has 0 aromatic heterocycles. The second-order valence-corrected chi connectivity index (χ2v) is 8.75. The number of aliphatic hydroxyl groups is 3. The summed E-state index contributed by atoms with van der Waals surface area (Å²) < 4.78 is 0. The fourth-order valence-electron chi connectivity index (χ4n) is 4.50. The Morgan fingerprint density at radius 3 is 2.53 bits per heavy atom. The van der Waals surface area contributed by atoms with Crippen LogP contribution in [0.1, 0.15) is 57.9 Å². The third-order valence-electron chi connectivity index (χ3n) is 6.50. The van der Waals surface area contributed by atoms with Crippen LogP contribution in [0.5, 0.6) is 0 Å². The van der Waals surface area contributed by atoms with Crippen molar-refractivity contribution in [1.29, 1.82) is 0 Å². The Kier molecular flexibility index (Phi) is 11.7. The molecule has 0 spiro atoms. The van der Waals surface area contributed by atoms with Crippen molar-refractivity contribution in [2.45, 2.75) is 77.1 Å². The fourth-order valence-corrected chi connectivity index (χ4v) is 4.50. The number of benzene rings is 1. The van der Waals surface area contributed by atoms with Crippen LogP contribution in [0.15, 0.2) is 54.6 Å². The molecule has 1 saturated carbocycles. The van der Waals surface area contributed by atoms with Gasteiger partial charge in [-0.2, -0.15) is 0 Å². The first-order valence-electron chi connectivity index (χ1n) is 12.1. The van der Waals surface area contributed by atoms with Crippen molar-refractivity contribution < 1.29 is 20.1 Å². The Balaban J connectivity index is 1.77. The summed E-state index contributed by atoms with van der Waals surface area (Å²) in [5.41, 5.74) is 1.19. The van der Waals surface area contributed by atoms with E-state index in [1.54, 1.807) is 6.08 Å². The van der Waals surface area contributed by atoms with E-state index in [0.717, 1.165) is 32.4 Å². The van der Waals surface area contributed by atoms with Gasteiger partial charge in [0.2, 0.25) is 5.91 Å². The number of carbonyl (C=O) groups excluding carboxylic acids is 1. The van der Waals surface area contributed by atoms with Crippen molar-refractivity contribution in [2.75, 3.05) is 13.1 Å². The molecule has 1 aromatic carbocycles. The monoisotopic (exact) mass is 443 g/mol. The smallest absolute Gasteiger partial charge is 0.222 e. The molecule has 0 saturated heterocycles. The fraction of sp³-hybridized carbons (Fsp3) is 0.593. The van der Waals surface area contributed by atoms with E-state index in [1.807, 2.05) is 43.0 Å². The van der Waals surface area contributed by atoms with Gasteiger partial charge in [0.05, 0.1) is 18.3 Å². The van der Waals surface area contributed by atoms with E-state index < -0.39 is 18.3 Å². The van der Waals surface area contributed by atoms with E-state index in [0.29, 0.717) is 25.7 Å². The maximum Gasteiger partial charge on any atom is 0.222 e. The molecular formula is C27H41NO4. The lowest BCUT2D eigenvalue weighted by Gasteiger charge is -2.20. The second kappa shape index (κ2) is 14.2. The van der Waals surface area contributed by atoms with E-state index in [-0.39, 0.29) is 17.7 Å². The summed E-state index contributed by atoms with van der Waals surface area (Å²) in [6.07, 6.45) is 10.8. The normalized spacial score (nSPS) is 24.4. The molecule has 1 amide bonds. The molecule has 5 atom stereocenters. The summed E-state index contributed by atoms with van der Waals surface area (Å²) in [5.74, 6) is -0.0184. The number of hydrogen-bond acceptors (Lipinski definition) is 4. The van der Waals surface area contributed by atoms with Crippen LogP contribution in [0.25, 0.3) is 0 Å². The number of amides is 1. The summed E-state index contributed by atoms with van der Waals surface area (Å²) in [6.45, 7) is 5.50. The molecule has 0 radical (unpaired) electrons. The minimum Gasteiger partial charge on any atom is -0.393 e. The molecular weight excluding hydrogens is 402 g/mol. The van der Waals surface area contributed by atoms with Crippen LogP contribution in [0, 0.1) is 11.8 Å². The van der Waals surface area contributed by atoms with Crippen molar-refractivity contribution in [3.05, 3.63) is 60.2 Å². The molecule has 1 aromatic rings. The molecule has 3 N–H and O–H groups in total. The summed E-state index contributed by atoms with van der Waals surface area (Å²) >= 11 is 0. The lowest BCUT2D eigenvalue weighted by atomic mass is 9.89. The third kappa shape index (κ3) is 8.53.